The van der Waals surface area contributed by atoms with Crippen molar-refractivity contribution in [3.63, 3.8) is 0 Å². The molecule has 0 saturated carbocycles. The Morgan fingerprint density at radius 1 is 1.30 bits per heavy atom. The van der Waals surface area contributed by atoms with E-state index in [2.05, 4.69) is 31.4 Å². The molecule has 33 heavy (non-hydrogen) atoms. The van der Waals surface area contributed by atoms with Crippen LogP contribution in [0.4, 0.5) is 0 Å². The summed E-state index contributed by atoms with van der Waals surface area (Å²) < 4.78 is 6.81. The summed E-state index contributed by atoms with van der Waals surface area (Å²) in [6.07, 6.45) is 2.97. The van der Waals surface area contributed by atoms with Gasteiger partial charge in [-0.25, -0.2) is 19.4 Å². The van der Waals surface area contributed by atoms with Crippen LogP contribution in [0.3, 0.4) is 0 Å². The highest BCUT2D eigenvalue weighted by Gasteiger charge is 2.30. The zero-order chi connectivity index (χ0) is 23.1. The average Bonchev–Trinajstić information content (AvgIpc) is 3.41. The van der Waals surface area contributed by atoms with E-state index in [4.69, 9.17) is 15.7 Å². The summed E-state index contributed by atoms with van der Waals surface area (Å²) >= 11 is 0. The first kappa shape index (κ1) is 21.2. The molecule has 0 amide bonds. The molecule has 0 bridgehead atoms. The van der Waals surface area contributed by atoms with E-state index in [1.54, 1.807) is 17.2 Å². The minimum atomic E-state index is -0.261. The lowest BCUT2D eigenvalue weighted by atomic mass is 9.93. The number of aryl methyl sites for hydroxylation is 1. The summed E-state index contributed by atoms with van der Waals surface area (Å²) in [5, 5.41) is 17.1. The number of fused-ring (bicyclic) bond motifs is 1. The Hall–Kier alpha value is -3.65. The summed E-state index contributed by atoms with van der Waals surface area (Å²) in [5.41, 5.74) is 11.5. The van der Waals surface area contributed by atoms with Gasteiger partial charge in [-0.1, -0.05) is 6.07 Å². The van der Waals surface area contributed by atoms with Crippen molar-refractivity contribution < 1.29 is 9.53 Å². The number of nitrogens with one attached hydrogen (secondary N) is 1. The van der Waals surface area contributed by atoms with E-state index in [1.165, 1.54) is 0 Å². The highest BCUT2D eigenvalue weighted by atomic mass is 16.5. The Balaban J connectivity index is 1.33. The normalized spacial score (nSPS) is 20.4. The topological polar surface area (TPSA) is 135 Å². The van der Waals surface area contributed by atoms with E-state index >= 15 is 0 Å². The number of nitriles is 1. The van der Waals surface area contributed by atoms with Gasteiger partial charge in [0.05, 0.1) is 23.8 Å². The Bertz CT molecular complexity index is 1280. The number of rotatable bonds is 4. The minimum absolute atomic E-state index is 0.0136. The zero-order valence-corrected chi connectivity index (χ0v) is 18.4. The number of ether oxygens (including phenoxy) is 1. The van der Waals surface area contributed by atoms with Gasteiger partial charge in [-0.05, 0) is 42.7 Å². The predicted octanol–water partition coefficient (Wildman–Crippen LogP) is 1.25. The zero-order valence-electron chi connectivity index (χ0n) is 18.4. The summed E-state index contributed by atoms with van der Waals surface area (Å²) in [6, 6.07) is 7.78. The van der Waals surface area contributed by atoms with E-state index < -0.39 is 0 Å². The summed E-state index contributed by atoms with van der Waals surface area (Å²) in [7, 11) is 0. The van der Waals surface area contributed by atoms with Crippen molar-refractivity contribution >= 4 is 5.97 Å². The van der Waals surface area contributed by atoms with E-state index in [9.17, 15) is 4.79 Å². The quantitative estimate of drug-likeness (QED) is 0.570. The third-order valence-electron chi connectivity index (χ3n) is 6.25. The third kappa shape index (κ3) is 3.98. The maximum absolute atomic E-state index is 11.9. The molecule has 10 nitrogen and oxygen atoms in total. The van der Waals surface area contributed by atoms with Crippen molar-refractivity contribution in [2.75, 3.05) is 13.1 Å². The fraction of sp³-hybridized carbons (Fsp3) is 0.348. The molecule has 2 aliphatic rings. The molecule has 2 aromatic heterocycles. The number of pyridine rings is 1. The van der Waals surface area contributed by atoms with Gasteiger partial charge in [0, 0.05) is 30.9 Å². The second-order valence-corrected chi connectivity index (χ2v) is 8.48. The van der Waals surface area contributed by atoms with Crippen molar-refractivity contribution in [2.45, 2.75) is 39.2 Å². The molecular weight excluding hydrogens is 420 g/mol. The van der Waals surface area contributed by atoms with Crippen molar-refractivity contribution in [1.82, 2.24) is 30.0 Å². The average molecular weight is 444 g/mol. The van der Waals surface area contributed by atoms with Crippen LogP contribution in [0, 0.1) is 25.2 Å². The molecule has 3 aromatic rings. The number of cyclic esters (lactones) is 1. The monoisotopic (exact) mass is 444 g/mol. The molecule has 1 fully saturated rings. The van der Waals surface area contributed by atoms with E-state index in [0.29, 0.717) is 42.5 Å². The number of benzene rings is 1. The van der Waals surface area contributed by atoms with Crippen LogP contribution in [-0.2, 0) is 17.9 Å². The smallest absolute Gasteiger partial charge is 0.338 e. The van der Waals surface area contributed by atoms with E-state index in [-0.39, 0.29) is 18.2 Å². The number of nitrogens with two attached hydrogens (primary N) is 1. The largest absolute Gasteiger partial charge is 0.457 e. The lowest BCUT2D eigenvalue weighted by molar-refractivity contribution is 0.0535. The first-order chi connectivity index (χ1) is 15.9. The number of carbonyl (C=O) groups excluding carboxylic acids is 1. The minimum Gasteiger partial charge on any atom is -0.457 e. The predicted molar refractivity (Wildman–Crippen MR) is 118 cm³/mol. The van der Waals surface area contributed by atoms with Crippen molar-refractivity contribution in [2.24, 2.45) is 5.73 Å². The number of esters is 1. The maximum Gasteiger partial charge on any atom is 0.338 e. The summed E-state index contributed by atoms with van der Waals surface area (Å²) in [6.45, 7) is 6.14. The molecule has 168 valence electrons. The highest BCUT2D eigenvalue weighted by Crippen LogP contribution is 2.30. The second-order valence-electron chi connectivity index (χ2n) is 8.48. The molecule has 0 aliphatic carbocycles. The lowest BCUT2D eigenvalue weighted by Gasteiger charge is -2.37. The lowest BCUT2D eigenvalue weighted by Crippen LogP contribution is -2.56. The second kappa shape index (κ2) is 8.37. The Kier molecular flexibility index (Phi) is 5.38. The van der Waals surface area contributed by atoms with Crippen LogP contribution in [0.2, 0.25) is 0 Å². The SMILES string of the molecule is Cc1cc(-n2cnc(CN3C[C@@H](c4ccc5c(c4C)COC5=O)N[C@@H](N)C3)n2)ncc1C#N. The van der Waals surface area contributed by atoms with Gasteiger partial charge in [-0.15, -0.1) is 5.10 Å². The van der Waals surface area contributed by atoms with Crippen LogP contribution in [0.1, 0.15) is 50.0 Å². The first-order valence-corrected chi connectivity index (χ1v) is 10.7. The molecular formula is C23H24N8O2. The van der Waals surface area contributed by atoms with Crippen LogP contribution < -0.4 is 11.1 Å². The number of hydrogen-bond donors (Lipinski definition) is 2. The Labute approximate surface area is 191 Å². The van der Waals surface area contributed by atoms with Crippen molar-refractivity contribution in [3.05, 3.63) is 69.9 Å². The number of carbonyl (C=O) groups is 1. The van der Waals surface area contributed by atoms with Gasteiger partial charge in [-0.3, -0.25) is 10.2 Å². The van der Waals surface area contributed by atoms with Gasteiger partial charge >= 0.3 is 5.97 Å². The van der Waals surface area contributed by atoms with Gasteiger partial charge in [0.1, 0.15) is 19.0 Å². The molecule has 2 aliphatic heterocycles. The molecule has 2 atom stereocenters. The number of aromatic nitrogens is 4. The van der Waals surface area contributed by atoms with E-state index in [0.717, 1.165) is 28.8 Å². The molecule has 3 N–H and O–H groups in total. The molecule has 1 aromatic carbocycles. The van der Waals surface area contributed by atoms with Gasteiger partial charge in [-0.2, -0.15) is 5.26 Å². The van der Waals surface area contributed by atoms with Gasteiger partial charge < -0.3 is 10.5 Å². The third-order valence-corrected chi connectivity index (χ3v) is 6.25. The summed E-state index contributed by atoms with van der Waals surface area (Å²) in [4.78, 5) is 22.8. The van der Waals surface area contributed by atoms with Crippen LogP contribution >= 0.6 is 0 Å². The van der Waals surface area contributed by atoms with Crippen LogP contribution in [0.25, 0.3) is 5.82 Å². The molecule has 1 saturated heterocycles. The first-order valence-electron chi connectivity index (χ1n) is 10.7. The fourth-order valence-corrected chi connectivity index (χ4v) is 4.50. The molecule has 0 radical (unpaired) electrons. The maximum atomic E-state index is 11.9. The van der Waals surface area contributed by atoms with Gasteiger partial charge in [0.2, 0.25) is 0 Å². The van der Waals surface area contributed by atoms with Gasteiger partial charge in [0.15, 0.2) is 11.6 Å². The van der Waals surface area contributed by atoms with Crippen LogP contribution in [0.15, 0.2) is 30.7 Å². The molecule has 5 rings (SSSR count). The van der Waals surface area contributed by atoms with Crippen molar-refractivity contribution in [3.8, 4) is 11.9 Å². The fourth-order valence-electron chi connectivity index (χ4n) is 4.50. The standard InChI is InChI=1S/C23H24N8O2/c1-13-5-22(26-7-15(13)6-24)31-12-27-21(29-31)10-30-8-19(28-20(25)9-30)16-3-4-17-18(14(16)2)11-33-23(17)32/h3-5,7,12,19-20,28H,8-11,25H2,1-2H3/t19-,20+/m0/s1. The highest BCUT2D eigenvalue weighted by molar-refractivity contribution is 5.94. The van der Waals surface area contributed by atoms with Crippen molar-refractivity contribution in [1.29, 1.82) is 5.26 Å². The van der Waals surface area contributed by atoms with Crippen LogP contribution in [-0.4, -0.2) is 49.9 Å². The number of hydrogen-bond acceptors (Lipinski definition) is 9. The Morgan fingerprint density at radius 3 is 2.94 bits per heavy atom. The number of nitrogens with zero attached hydrogens (tertiary/aromatic N) is 6. The number of piperazine rings is 1. The summed E-state index contributed by atoms with van der Waals surface area (Å²) in [5.74, 6) is 1.02. The molecule has 0 unspecified atom stereocenters. The van der Waals surface area contributed by atoms with Crippen LogP contribution in [0.5, 0.6) is 0 Å². The Morgan fingerprint density at radius 2 is 2.15 bits per heavy atom. The molecule has 10 heteroatoms. The molecule has 4 heterocycles. The molecule has 0 spiro atoms. The van der Waals surface area contributed by atoms with E-state index in [1.807, 2.05) is 32.0 Å². The van der Waals surface area contributed by atoms with Gasteiger partial charge in [0.25, 0.3) is 0 Å².